The van der Waals surface area contributed by atoms with Gasteiger partial charge in [0, 0.05) is 18.6 Å². The first kappa shape index (κ1) is 17.0. The van der Waals surface area contributed by atoms with E-state index in [9.17, 15) is 0 Å². The van der Waals surface area contributed by atoms with Gasteiger partial charge in [-0.3, -0.25) is 0 Å². The molecule has 1 aliphatic carbocycles. The third-order valence-electron chi connectivity index (χ3n) is 4.73. The van der Waals surface area contributed by atoms with Crippen molar-refractivity contribution in [3.05, 3.63) is 0 Å². The average Bonchev–Trinajstić information content (AvgIpc) is 2.89. The maximum Gasteiger partial charge on any atom is 0.0243 e. The highest BCUT2D eigenvalue weighted by Gasteiger charge is 2.25. The van der Waals surface area contributed by atoms with Crippen LogP contribution in [0.2, 0.25) is 0 Å². The standard InChI is InChI=1S/C17H36N2/c1-5-10-16(18-13-6-2)17(7-3)19(4)14-15-11-8-9-12-15/h15-18H,5-14H2,1-4H3. The predicted molar refractivity (Wildman–Crippen MR) is 85.7 cm³/mol. The van der Waals surface area contributed by atoms with Crippen molar-refractivity contribution in [3.8, 4) is 0 Å². The summed E-state index contributed by atoms with van der Waals surface area (Å²) in [6.45, 7) is 9.40. The minimum atomic E-state index is 0.682. The molecule has 19 heavy (non-hydrogen) atoms. The summed E-state index contributed by atoms with van der Waals surface area (Å²) in [5.41, 5.74) is 0. The van der Waals surface area contributed by atoms with Crippen molar-refractivity contribution in [1.82, 2.24) is 10.2 Å². The van der Waals surface area contributed by atoms with E-state index in [0.29, 0.717) is 12.1 Å². The zero-order valence-corrected chi connectivity index (χ0v) is 13.8. The van der Waals surface area contributed by atoms with Gasteiger partial charge in [-0.05, 0) is 51.6 Å². The topological polar surface area (TPSA) is 15.3 Å². The second-order valence-electron chi connectivity index (χ2n) is 6.41. The molecule has 0 radical (unpaired) electrons. The summed E-state index contributed by atoms with van der Waals surface area (Å²) >= 11 is 0. The number of hydrogen-bond donors (Lipinski definition) is 1. The van der Waals surface area contributed by atoms with E-state index in [2.05, 4.69) is 38.0 Å². The molecule has 0 aliphatic heterocycles. The number of hydrogen-bond acceptors (Lipinski definition) is 2. The molecule has 2 atom stereocenters. The Morgan fingerprint density at radius 1 is 1.11 bits per heavy atom. The van der Waals surface area contributed by atoms with E-state index < -0.39 is 0 Å². The van der Waals surface area contributed by atoms with Crippen LogP contribution in [-0.2, 0) is 0 Å². The van der Waals surface area contributed by atoms with Crippen molar-refractivity contribution in [2.75, 3.05) is 20.1 Å². The Bertz CT molecular complexity index is 211. The lowest BCUT2D eigenvalue weighted by Gasteiger charge is -2.36. The molecule has 2 unspecified atom stereocenters. The molecule has 0 saturated heterocycles. The van der Waals surface area contributed by atoms with Gasteiger partial charge < -0.3 is 10.2 Å². The molecule has 2 heteroatoms. The Morgan fingerprint density at radius 3 is 2.32 bits per heavy atom. The quantitative estimate of drug-likeness (QED) is 0.643. The van der Waals surface area contributed by atoms with Gasteiger partial charge >= 0.3 is 0 Å². The van der Waals surface area contributed by atoms with Crippen LogP contribution in [-0.4, -0.2) is 37.1 Å². The van der Waals surface area contributed by atoms with Crippen molar-refractivity contribution < 1.29 is 0 Å². The molecule has 0 aromatic carbocycles. The van der Waals surface area contributed by atoms with Crippen molar-refractivity contribution in [3.63, 3.8) is 0 Å². The minimum absolute atomic E-state index is 0.682. The predicted octanol–water partition coefficient (Wildman–Crippen LogP) is 4.06. The lowest BCUT2D eigenvalue weighted by Crippen LogP contribution is -2.49. The molecule has 0 aromatic heterocycles. The van der Waals surface area contributed by atoms with Crippen LogP contribution in [0.3, 0.4) is 0 Å². The summed E-state index contributed by atoms with van der Waals surface area (Å²) in [7, 11) is 2.35. The van der Waals surface area contributed by atoms with Crippen LogP contribution >= 0.6 is 0 Å². The third kappa shape index (κ3) is 5.83. The molecule has 0 amide bonds. The monoisotopic (exact) mass is 268 g/mol. The number of likely N-dealkylation sites (N-methyl/N-ethyl adjacent to an activating group) is 1. The van der Waals surface area contributed by atoms with Crippen molar-refractivity contribution in [1.29, 1.82) is 0 Å². The maximum atomic E-state index is 3.79. The van der Waals surface area contributed by atoms with Crippen LogP contribution in [0.15, 0.2) is 0 Å². The molecule has 1 fully saturated rings. The van der Waals surface area contributed by atoms with Crippen LogP contribution < -0.4 is 5.32 Å². The van der Waals surface area contributed by atoms with Gasteiger partial charge in [0.1, 0.15) is 0 Å². The number of rotatable bonds is 10. The summed E-state index contributed by atoms with van der Waals surface area (Å²) in [5, 5.41) is 3.79. The highest BCUT2D eigenvalue weighted by Crippen LogP contribution is 2.26. The van der Waals surface area contributed by atoms with Gasteiger partial charge in [0.15, 0.2) is 0 Å². The molecule has 0 bridgehead atoms. The van der Waals surface area contributed by atoms with E-state index in [-0.39, 0.29) is 0 Å². The van der Waals surface area contributed by atoms with E-state index in [1.54, 1.807) is 0 Å². The van der Waals surface area contributed by atoms with Crippen LogP contribution in [0.4, 0.5) is 0 Å². The first-order chi connectivity index (χ1) is 9.22. The van der Waals surface area contributed by atoms with Gasteiger partial charge in [0.2, 0.25) is 0 Å². The zero-order chi connectivity index (χ0) is 14.1. The van der Waals surface area contributed by atoms with Gasteiger partial charge in [-0.2, -0.15) is 0 Å². The molecule has 2 nitrogen and oxygen atoms in total. The molecular formula is C17H36N2. The lowest BCUT2D eigenvalue weighted by atomic mass is 9.97. The fourth-order valence-electron chi connectivity index (χ4n) is 3.71. The van der Waals surface area contributed by atoms with Gasteiger partial charge in [-0.15, -0.1) is 0 Å². The summed E-state index contributed by atoms with van der Waals surface area (Å²) in [4.78, 5) is 2.65. The fourth-order valence-corrected chi connectivity index (χ4v) is 3.71. The number of nitrogens with one attached hydrogen (secondary N) is 1. The SMILES string of the molecule is CCCNC(CCC)C(CC)N(C)CC1CCCC1. The summed E-state index contributed by atoms with van der Waals surface area (Å²) in [6, 6.07) is 1.40. The van der Waals surface area contributed by atoms with Gasteiger partial charge in [-0.1, -0.05) is 40.0 Å². The largest absolute Gasteiger partial charge is 0.312 e. The zero-order valence-electron chi connectivity index (χ0n) is 13.8. The molecule has 1 aliphatic rings. The maximum absolute atomic E-state index is 3.79. The minimum Gasteiger partial charge on any atom is -0.312 e. The number of nitrogens with zero attached hydrogens (tertiary/aromatic N) is 1. The van der Waals surface area contributed by atoms with Gasteiger partial charge in [0.05, 0.1) is 0 Å². The molecule has 1 saturated carbocycles. The fraction of sp³-hybridized carbons (Fsp3) is 1.00. The molecule has 0 aromatic rings. The normalized spacial score (nSPS) is 20.1. The Kier molecular flexibility index (Phi) is 8.72. The third-order valence-corrected chi connectivity index (χ3v) is 4.73. The van der Waals surface area contributed by atoms with Crippen LogP contribution in [0.1, 0.15) is 72.1 Å². The Balaban J connectivity index is 2.49. The first-order valence-corrected chi connectivity index (χ1v) is 8.66. The molecule has 0 spiro atoms. The average molecular weight is 268 g/mol. The van der Waals surface area contributed by atoms with Crippen LogP contribution in [0, 0.1) is 5.92 Å². The highest BCUT2D eigenvalue weighted by molar-refractivity contribution is 4.84. The Labute approximate surface area is 121 Å². The summed E-state index contributed by atoms with van der Waals surface area (Å²) in [6.07, 6.45) is 10.9. The van der Waals surface area contributed by atoms with Crippen LogP contribution in [0.5, 0.6) is 0 Å². The van der Waals surface area contributed by atoms with Crippen molar-refractivity contribution in [2.45, 2.75) is 84.2 Å². The molecule has 114 valence electrons. The second kappa shape index (κ2) is 9.77. The smallest absolute Gasteiger partial charge is 0.0243 e. The molecule has 1 N–H and O–H groups in total. The van der Waals surface area contributed by atoms with E-state index in [0.717, 1.165) is 5.92 Å². The Hall–Kier alpha value is -0.0800. The van der Waals surface area contributed by atoms with E-state index in [4.69, 9.17) is 0 Å². The van der Waals surface area contributed by atoms with E-state index >= 15 is 0 Å². The van der Waals surface area contributed by atoms with Crippen molar-refractivity contribution in [2.24, 2.45) is 5.92 Å². The Morgan fingerprint density at radius 2 is 1.79 bits per heavy atom. The molecular weight excluding hydrogens is 232 g/mol. The van der Waals surface area contributed by atoms with Crippen LogP contribution in [0.25, 0.3) is 0 Å². The van der Waals surface area contributed by atoms with Crippen molar-refractivity contribution >= 4 is 0 Å². The highest BCUT2D eigenvalue weighted by atomic mass is 15.2. The second-order valence-corrected chi connectivity index (χ2v) is 6.41. The van der Waals surface area contributed by atoms with E-state index in [1.165, 1.54) is 64.5 Å². The first-order valence-electron chi connectivity index (χ1n) is 8.66. The van der Waals surface area contributed by atoms with E-state index in [1.807, 2.05) is 0 Å². The van der Waals surface area contributed by atoms with Gasteiger partial charge in [-0.25, -0.2) is 0 Å². The summed E-state index contributed by atoms with van der Waals surface area (Å²) in [5.74, 6) is 0.965. The molecule has 1 rings (SSSR count). The lowest BCUT2D eigenvalue weighted by molar-refractivity contribution is 0.157. The molecule has 0 heterocycles. The summed E-state index contributed by atoms with van der Waals surface area (Å²) < 4.78 is 0. The van der Waals surface area contributed by atoms with Gasteiger partial charge in [0.25, 0.3) is 0 Å².